The summed E-state index contributed by atoms with van der Waals surface area (Å²) in [6, 6.07) is 16.9. The van der Waals surface area contributed by atoms with Crippen LogP contribution in [0.4, 0.5) is 5.69 Å². The van der Waals surface area contributed by atoms with Gasteiger partial charge in [-0.15, -0.1) is 0 Å². The standard InChI is InChI=1S/C26H31N3O3/c1-4-18-32-22-12-10-19(11-13-22)23-24(28(3)20-14-16-27(2)17-15-20)26(31)29(25(23)30)21-8-6-5-7-9-21/h5-13,20H,4,14-18H2,1-3H3. The van der Waals surface area contributed by atoms with Crippen molar-refractivity contribution < 1.29 is 14.3 Å². The summed E-state index contributed by atoms with van der Waals surface area (Å²) in [5.41, 5.74) is 2.27. The molecule has 6 nitrogen and oxygen atoms in total. The Labute approximate surface area is 190 Å². The minimum atomic E-state index is -0.279. The van der Waals surface area contributed by atoms with Gasteiger partial charge in [-0.05, 0) is 69.2 Å². The molecule has 0 N–H and O–H groups in total. The second-order valence-corrected chi connectivity index (χ2v) is 8.52. The number of rotatable bonds is 7. The van der Waals surface area contributed by atoms with E-state index in [4.69, 9.17) is 4.74 Å². The number of carbonyl (C=O) groups is 2. The number of likely N-dealkylation sites (tertiary alicyclic amines) is 1. The van der Waals surface area contributed by atoms with Crippen molar-refractivity contribution in [2.75, 3.05) is 38.7 Å². The molecule has 0 aromatic heterocycles. The van der Waals surface area contributed by atoms with Crippen molar-refractivity contribution >= 4 is 23.1 Å². The number of nitrogens with zero attached hydrogens (tertiary/aromatic N) is 3. The number of carbonyl (C=O) groups excluding carboxylic acids is 2. The minimum Gasteiger partial charge on any atom is -0.494 e. The first-order valence-corrected chi connectivity index (χ1v) is 11.3. The molecule has 0 radical (unpaired) electrons. The van der Waals surface area contributed by atoms with E-state index in [1.165, 1.54) is 4.90 Å². The largest absolute Gasteiger partial charge is 0.494 e. The predicted octanol–water partition coefficient (Wildman–Crippen LogP) is 3.79. The van der Waals surface area contributed by atoms with Gasteiger partial charge in [-0.25, -0.2) is 4.90 Å². The summed E-state index contributed by atoms with van der Waals surface area (Å²) in [4.78, 5) is 32.9. The van der Waals surface area contributed by atoms with Crippen LogP contribution in [0.25, 0.3) is 5.57 Å². The second kappa shape index (κ2) is 9.57. The van der Waals surface area contributed by atoms with Gasteiger partial charge in [0, 0.05) is 13.1 Å². The summed E-state index contributed by atoms with van der Waals surface area (Å²) in [5.74, 6) is 0.222. The Balaban J connectivity index is 1.73. The zero-order valence-corrected chi connectivity index (χ0v) is 19.1. The van der Waals surface area contributed by atoms with Crippen molar-refractivity contribution in [1.29, 1.82) is 0 Å². The molecule has 2 aromatic carbocycles. The minimum absolute atomic E-state index is 0.218. The van der Waals surface area contributed by atoms with E-state index < -0.39 is 0 Å². The summed E-state index contributed by atoms with van der Waals surface area (Å²) in [6.07, 6.45) is 2.85. The fourth-order valence-corrected chi connectivity index (χ4v) is 4.42. The van der Waals surface area contributed by atoms with Gasteiger partial charge in [0.1, 0.15) is 11.4 Å². The Bertz CT molecular complexity index is 993. The first-order valence-electron chi connectivity index (χ1n) is 11.3. The number of likely N-dealkylation sites (N-methyl/N-ethyl adjacent to an activating group) is 1. The zero-order valence-electron chi connectivity index (χ0n) is 19.1. The van der Waals surface area contributed by atoms with Gasteiger partial charge in [-0.3, -0.25) is 9.59 Å². The predicted molar refractivity (Wildman–Crippen MR) is 126 cm³/mol. The molecule has 4 rings (SSSR count). The van der Waals surface area contributed by atoms with Crippen molar-refractivity contribution in [3.8, 4) is 5.75 Å². The molecule has 0 spiro atoms. The molecule has 0 atom stereocenters. The lowest BCUT2D eigenvalue weighted by Crippen LogP contribution is -2.43. The van der Waals surface area contributed by atoms with Crippen molar-refractivity contribution in [3.05, 3.63) is 65.9 Å². The lowest BCUT2D eigenvalue weighted by Gasteiger charge is -2.36. The molecular weight excluding hydrogens is 402 g/mol. The molecule has 0 saturated carbocycles. The first kappa shape index (κ1) is 22.1. The van der Waals surface area contributed by atoms with E-state index in [-0.39, 0.29) is 17.9 Å². The van der Waals surface area contributed by atoms with Gasteiger partial charge >= 0.3 is 0 Å². The number of amides is 2. The van der Waals surface area contributed by atoms with Crippen LogP contribution in [0.15, 0.2) is 60.3 Å². The maximum atomic E-state index is 13.6. The van der Waals surface area contributed by atoms with Crippen molar-refractivity contribution in [1.82, 2.24) is 9.80 Å². The van der Waals surface area contributed by atoms with E-state index in [1.807, 2.05) is 54.4 Å². The van der Waals surface area contributed by atoms with Crippen LogP contribution in [0.3, 0.4) is 0 Å². The van der Waals surface area contributed by atoms with Crippen LogP contribution in [0.2, 0.25) is 0 Å². The van der Waals surface area contributed by atoms with Crippen LogP contribution in [0.1, 0.15) is 31.7 Å². The van der Waals surface area contributed by atoms with E-state index >= 15 is 0 Å². The van der Waals surface area contributed by atoms with E-state index in [2.05, 4.69) is 18.9 Å². The number of hydrogen-bond donors (Lipinski definition) is 0. The van der Waals surface area contributed by atoms with Crippen molar-refractivity contribution in [2.45, 2.75) is 32.2 Å². The number of hydrogen-bond acceptors (Lipinski definition) is 5. The number of benzene rings is 2. The lowest BCUT2D eigenvalue weighted by molar-refractivity contribution is -0.120. The SMILES string of the molecule is CCCOc1ccc(C2=C(N(C)C3CCN(C)CC3)C(=O)N(c3ccccc3)C2=O)cc1. The third kappa shape index (κ3) is 4.28. The van der Waals surface area contributed by atoms with Crippen LogP contribution >= 0.6 is 0 Å². The Hall–Kier alpha value is -3.12. The summed E-state index contributed by atoms with van der Waals surface area (Å²) >= 11 is 0. The number of para-hydroxylation sites is 1. The summed E-state index contributed by atoms with van der Waals surface area (Å²) in [7, 11) is 4.06. The fourth-order valence-electron chi connectivity index (χ4n) is 4.42. The zero-order chi connectivity index (χ0) is 22.7. The highest BCUT2D eigenvalue weighted by molar-refractivity contribution is 6.45. The molecule has 2 aliphatic rings. The molecule has 168 valence electrons. The molecule has 2 aromatic rings. The normalized spacial score (nSPS) is 17.9. The third-order valence-electron chi connectivity index (χ3n) is 6.28. The summed E-state index contributed by atoms with van der Waals surface area (Å²) in [5, 5.41) is 0. The maximum Gasteiger partial charge on any atom is 0.282 e. The van der Waals surface area contributed by atoms with E-state index in [1.54, 1.807) is 12.1 Å². The van der Waals surface area contributed by atoms with E-state index in [9.17, 15) is 9.59 Å². The van der Waals surface area contributed by atoms with Crippen molar-refractivity contribution in [3.63, 3.8) is 0 Å². The molecule has 1 saturated heterocycles. The van der Waals surface area contributed by atoms with Crippen LogP contribution in [-0.2, 0) is 9.59 Å². The second-order valence-electron chi connectivity index (χ2n) is 8.52. The van der Waals surface area contributed by atoms with Gasteiger partial charge < -0.3 is 14.5 Å². The Morgan fingerprint density at radius 3 is 2.25 bits per heavy atom. The topological polar surface area (TPSA) is 53.1 Å². The van der Waals surface area contributed by atoms with Crippen LogP contribution in [0, 0.1) is 0 Å². The quantitative estimate of drug-likeness (QED) is 0.622. The molecular formula is C26H31N3O3. The number of ether oxygens (including phenoxy) is 1. The Morgan fingerprint density at radius 2 is 1.62 bits per heavy atom. The number of anilines is 1. The van der Waals surface area contributed by atoms with Gasteiger partial charge in [0.15, 0.2) is 0 Å². The van der Waals surface area contributed by atoms with Crippen LogP contribution < -0.4 is 9.64 Å². The molecule has 2 heterocycles. The highest BCUT2D eigenvalue weighted by atomic mass is 16.5. The molecule has 0 unspecified atom stereocenters. The highest BCUT2D eigenvalue weighted by Crippen LogP contribution is 2.36. The average molecular weight is 434 g/mol. The fraction of sp³-hybridized carbons (Fsp3) is 0.385. The van der Waals surface area contributed by atoms with Crippen LogP contribution in [0.5, 0.6) is 5.75 Å². The Morgan fingerprint density at radius 1 is 0.969 bits per heavy atom. The Kier molecular flexibility index (Phi) is 6.61. The van der Waals surface area contributed by atoms with Crippen molar-refractivity contribution in [2.24, 2.45) is 0 Å². The van der Waals surface area contributed by atoms with E-state index in [0.717, 1.165) is 43.7 Å². The smallest absolute Gasteiger partial charge is 0.282 e. The highest BCUT2D eigenvalue weighted by Gasteiger charge is 2.43. The monoisotopic (exact) mass is 433 g/mol. The average Bonchev–Trinajstić information content (AvgIpc) is 3.08. The maximum absolute atomic E-state index is 13.6. The summed E-state index contributed by atoms with van der Waals surface area (Å²) in [6.45, 7) is 4.66. The van der Waals surface area contributed by atoms with Gasteiger partial charge in [-0.1, -0.05) is 37.3 Å². The molecule has 1 fully saturated rings. The first-order chi connectivity index (χ1) is 15.5. The summed E-state index contributed by atoms with van der Waals surface area (Å²) < 4.78 is 5.70. The van der Waals surface area contributed by atoms with Crippen LogP contribution in [-0.4, -0.2) is 61.4 Å². The van der Waals surface area contributed by atoms with Gasteiger partial charge in [0.2, 0.25) is 0 Å². The van der Waals surface area contributed by atoms with Gasteiger partial charge in [-0.2, -0.15) is 0 Å². The molecule has 32 heavy (non-hydrogen) atoms. The molecule has 2 amide bonds. The molecule has 6 heteroatoms. The molecule has 0 aliphatic carbocycles. The molecule has 0 bridgehead atoms. The number of imide groups is 1. The van der Waals surface area contributed by atoms with E-state index in [0.29, 0.717) is 23.6 Å². The lowest BCUT2D eigenvalue weighted by atomic mass is 10.00. The molecule has 2 aliphatic heterocycles. The van der Waals surface area contributed by atoms with Gasteiger partial charge in [0.25, 0.3) is 11.8 Å². The van der Waals surface area contributed by atoms with Gasteiger partial charge in [0.05, 0.1) is 17.9 Å². The third-order valence-corrected chi connectivity index (χ3v) is 6.28. The number of piperidine rings is 1.